The number of piperidine rings is 1. The molecule has 0 unspecified atom stereocenters. The molecule has 3 aliphatic rings. The number of carbonyl (C=O) groups excluding carboxylic acids is 1. The standard InChI is InChI=1S/C21H40N6O2/c1-22-21(23-17-19-5-9-24(10-6-19)15-16-29-2)27-13-11-25(12-14-27)18-20(28)26-7-3-4-8-26/h19H,3-18H2,1-2H3,(H,22,23). The van der Waals surface area contributed by atoms with Gasteiger partial charge in [0.1, 0.15) is 0 Å². The first-order chi connectivity index (χ1) is 14.2. The van der Waals surface area contributed by atoms with Crippen molar-refractivity contribution in [2.75, 3.05) is 92.8 Å². The molecule has 3 rings (SSSR count). The van der Waals surface area contributed by atoms with E-state index in [0.717, 1.165) is 90.9 Å². The highest BCUT2D eigenvalue weighted by molar-refractivity contribution is 5.80. The number of hydrogen-bond acceptors (Lipinski definition) is 5. The number of aliphatic imine (C=N–C) groups is 1. The van der Waals surface area contributed by atoms with Crippen LogP contribution in [0, 0.1) is 5.92 Å². The van der Waals surface area contributed by atoms with Crippen LogP contribution in [0.2, 0.25) is 0 Å². The van der Waals surface area contributed by atoms with Crippen LogP contribution in [0.25, 0.3) is 0 Å². The first-order valence-corrected chi connectivity index (χ1v) is 11.4. The minimum Gasteiger partial charge on any atom is -0.383 e. The van der Waals surface area contributed by atoms with Crippen LogP contribution >= 0.6 is 0 Å². The van der Waals surface area contributed by atoms with Gasteiger partial charge in [0.05, 0.1) is 13.2 Å². The molecule has 3 aliphatic heterocycles. The van der Waals surface area contributed by atoms with Gasteiger partial charge < -0.3 is 24.8 Å². The van der Waals surface area contributed by atoms with Crippen molar-refractivity contribution in [2.45, 2.75) is 25.7 Å². The molecule has 29 heavy (non-hydrogen) atoms. The monoisotopic (exact) mass is 408 g/mol. The van der Waals surface area contributed by atoms with Gasteiger partial charge in [-0.15, -0.1) is 0 Å². The Morgan fingerprint density at radius 1 is 0.966 bits per heavy atom. The summed E-state index contributed by atoms with van der Waals surface area (Å²) in [5.41, 5.74) is 0. The highest BCUT2D eigenvalue weighted by Crippen LogP contribution is 2.16. The van der Waals surface area contributed by atoms with Gasteiger partial charge in [-0.25, -0.2) is 0 Å². The molecular formula is C21H40N6O2. The zero-order chi connectivity index (χ0) is 20.5. The summed E-state index contributed by atoms with van der Waals surface area (Å²) >= 11 is 0. The molecule has 166 valence electrons. The summed E-state index contributed by atoms with van der Waals surface area (Å²) in [6.07, 6.45) is 4.79. The molecular weight excluding hydrogens is 368 g/mol. The molecule has 0 aromatic carbocycles. The number of ether oxygens (including phenoxy) is 1. The lowest BCUT2D eigenvalue weighted by Crippen LogP contribution is -2.54. The number of guanidine groups is 1. The molecule has 0 bridgehead atoms. The maximum atomic E-state index is 12.4. The molecule has 8 nitrogen and oxygen atoms in total. The van der Waals surface area contributed by atoms with E-state index in [1.807, 2.05) is 11.9 Å². The zero-order valence-electron chi connectivity index (χ0n) is 18.4. The molecule has 0 aromatic heterocycles. The molecule has 0 atom stereocenters. The number of carbonyl (C=O) groups is 1. The van der Waals surface area contributed by atoms with Crippen LogP contribution in [0.4, 0.5) is 0 Å². The van der Waals surface area contributed by atoms with Crippen molar-refractivity contribution in [3.05, 3.63) is 0 Å². The second-order valence-electron chi connectivity index (χ2n) is 8.56. The Morgan fingerprint density at radius 2 is 1.66 bits per heavy atom. The molecule has 1 amide bonds. The number of methoxy groups -OCH3 is 1. The van der Waals surface area contributed by atoms with Crippen LogP contribution in [0.15, 0.2) is 4.99 Å². The van der Waals surface area contributed by atoms with Crippen LogP contribution in [0.5, 0.6) is 0 Å². The molecule has 3 saturated heterocycles. The molecule has 3 fully saturated rings. The number of hydrogen-bond donors (Lipinski definition) is 1. The van der Waals surface area contributed by atoms with Crippen molar-refractivity contribution in [1.82, 2.24) is 24.9 Å². The van der Waals surface area contributed by atoms with Crippen LogP contribution in [-0.2, 0) is 9.53 Å². The molecule has 0 aromatic rings. The smallest absolute Gasteiger partial charge is 0.236 e. The molecule has 8 heteroatoms. The van der Waals surface area contributed by atoms with Crippen LogP contribution < -0.4 is 5.32 Å². The summed E-state index contributed by atoms with van der Waals surface area (Å²) in [6, 6.07) is 0. The van der Waals surface area contributed by atoms with Crippen LogP contribution in [0.1, 0.15) is 25.7 Å². The van der Waals surface area contributed by atoms with E-state index in [1.165, 1.54) is 12.8 Å². The summed E-state index contributed by atoms with van der Waals surface area (Å²) in [4.78, 5) is 26.0. The van der Waals surface area contributed by atoms with E-state index < -0.39 is 0 Å². The third kappa shape index (κ3) is 6.83. The van der Waals surface area contributed by atoms with E-state index in [9.17, 15) is 4.79 Å². The predicted molar refractivity (Wildman–Crippen MR) is 116 cm³/mol. The van der Waals surface area contributed by atoms with E-state index in [2.05, 4.69) is 25.0 Å². The Morgan fingerprint density at radius 3 is 2.28 bits per heavy atom. The van der Waals surface area contributed by atoms with Crippen molar-refractivity contribution < 1.29 is 9.53 Å². The molecule has 1 N–H and O–H groups in total. The fourth-order valence-electron chi connectivity index (χ4n) is 4.58. The van der Waals surface area contributed by atoms with E-state index in [0.29, 0.717) is 18.4 Å². The average molecular weight is 409 g/mol. The second-order valence-corrected chi connectivity index (χ2v) is 8.56. The van der Waals surface area contributed by atoms with E-state index in [4.69, 9.17) is 4.74 Å². The van der Waals surface area contributed by atoms with Gasteiger partial charge in [-0.05, 0) is 44.7 Å². The largest absolute Gasteiger partial charge is 0.383 e. The Balaban J connectivity index is 1.33. The number of amides is 1. The Bertz CT molecular complexity index is 521. The molecule has 0 aliphatic carbocycles. The van der Waals surface area contributed by atoms with E-state index >= 15 is 0 Å². The Labute approximate surface area is 176 Å². The van der Waals surface area contributed by atoms with Gasteiger partial charge >= 0.3 is 0 Å². The SMILES string of the molecule is CN=C(NCC1CCN(CCOC)CC1)N1CCN(CC(=O)N2CCCC2)CC1. The predicted octanol–water partition coefficient (Wildman–Crippen LogP) is 0.160. The lowest BCUT2D eigenvalue weighted by molar-refractivity contribution is -0.131. The van der Waals surface area contributed by atoms with Gasteiger partial charge in [0.2, 0.25) is 5.91 Å². The number of nitrogens with zero attached hydrogens (tertiary/aromatic N) is 5. The third-order valence-corrected chi connectivity index (χ3v) is 6.57. The molecule has 0 saturated carbocycles. The van der Waals surface area contributed by atoms with Gasteiger partial charge in [0.25, 0.3) is 0 Å². The quantitative estimate of drug-likeness (QED) is 0.478. The summed E-state index contributed by atoms with van der Waals surface area (Å²) < 4.78 is 5.19. The molecule has 3 heterocycles. The third-order valence-electron chi connectivity index (χ3n) is 6.57. The minimum absolute atomic E-state index is 0.301. The fraction of sp³-hybridized carbons (Fsp3) is 0.905. The fourth-order valence-corrected chi connectivity index (χ4v) is 4.58. The maximum absolute atomic E-state index is 12.4. The summed E-state index contributed by atoms with van der Waals surface area (Å²) in [5.74, 6) is 2.03. The lowest BCUT2D eigenvalue weighted by atomic mass is 9.97. The van der Waals surface area contributed by atoms with Crippen LogP contribution in [0.3, 0.4) is 0 Å². The van der Waals surface area contributed by atoms with Crippen molar-refractivity contribution in [3.63, 3.8) is 0 Å². The first kappa shape index (κ1) is 22.3. The highest BCUT2D eigenvalue weighted by Gasteiger charge is 2.25. The van der Waals surface area contributed by atoms with Crippen molar-refractivity contribution >= 4 is 11.9 Å². The van der Waals surface area contributed by atoms with Gasteiger partial charge in [0.15, 0.2) is 5.96 Å². The van der Waals surface area contributed by atoms with Gasteiger partial charge in [0, 0.05) is 66.5 Å². The summed E-state index contributed by atoms with van der Waals surface area (Å²) in [6.45, 7) is 11.4. The van der Waals surface area contributed by atoms with Crippen LogP contribution in [-0.4, -0.2) is 124 Å². The van der Waals surface area contributed by atoms with E-state index in [-0.39, 0.29) is 0 Å². The molecule has 0 spiro atoms. The topological polar surface area (TPSA) is 63.7 Å². The Hall–Kier alpha value is -1.38. The summed E-state index contributed by atoms with van der Waals surface area (Å²) in [5, 5.41) is 3.61. The highest BCUT2D eigenvalue weighted by atomic mass is 16.5. The van der Waals surface area contributed by atoms with Crippen molar-refractivity contribution in [2.24, 2.45) is 10.9 Å². The van der Waals surface area contributed by atoms with Crippen molar-refractivity contribution in [3.8, 4) is 0 Å². The summed E-state index contributed by atoms with van der Waals surface area (Å²) in [7, 11) is 3.65. The number of rotatable bonds is 7. The van der Waals surface area contributed by atoms with Gasteiger partial charge in [-0.3, -0.25) is 14.7 Å². The number of nitrogens with one attached hydrogen (secondary N) is 1. The van der Waals surface area contributed by atoms with E-state index in [1.54, 1.807) is 7.11 Å². The number of piperazine rings is 1. The van der Waals surface area contributed by atoms with Gasteiger partial charge in [-0.2, -0.15) is 0 Å². The maximum Gasteiger partial charge on any atom is 0.236 e. The second kappa shape index (κ2) is 11.7. The number of likely N-dealkylation sites (tertiary alicyclic amines) is 2. The van der Waals surface area contributed by atoms with Crippen molar-refractivity contribution in [1.29, 1.82) is 0 Å². The minimum atomic E-state index is 0.301. The van der Waals surface area contributed by atoms with Gasteiger partial charge in [-0.1, -0.05) is 0 Å². The normalized spacial score (nSPS) is 23.0. The molecule has 0 radical (unpaired) electrons. The first-order valence-electron chi connectivity index (χ1n) is 11.4. The lowest BCUT2D eigenvalue weighted by Gasteiger charge is -2.37. The zero-order valence-corrected chi connectivity index (χ0v) is 18.4. The Kier molecular flexibility index (Phi) is 9.01. The average Bonchev–Trinajstić information content (AvgIpc) is 3.30.